The number of aromatic nitrogens is 1. The molecule has 2 amide bonds. The van der Waals surface area contributed by atoms with Crippen molar-refractivity contribution in [2.75, 3.05) is 13.1 Å². The van der Waals surface area contributed by atoms with Gasteiger partial charge in [0, 0.05) is 37.4 Å². The van der Waals surface area contributed by atoms with Crippen LogP contribution in [-0.4, -0.2) is 45.3 Å². The van der Waals surface area contributed by atoms with Gasteiger partial charge in [-0.2, -0.15) is 0 Å². The number of carbonyl (C=O) groups excluding carboxylic acids is 2. The van der Waals surface area contributed by atoms with Gasteiger partial charge in [0.05, 0.1) is 13.1 Å². The van der Waals surface area contributed by atoms with Gasteiger partial charge in [-0.25, -0.2) is 0 Å². The maximum Gasteiger partial charge on any atom is 0.242 e. The molecule has 0 radical (unpaired) electrons. The van der Waals surface area contributed by atoms with Crippen LogP contribution in [0.2, 0.25) is 0 Å². The largest absolute Gasteiger partial charge is 0.353 e. The lowest BCUT2D eigenvalue weighted by molar-refractivity contribution is -0.143. The molecule has 0 N–H and O–H groups in total. The Morgan fingerprint density at radius 3 is 2.48 bits per heavy atom. The highest BCUT2D eigenvalue weighted by atomic mass is 16.2. The van der Waals surface area contributed by atoms with E-state index in [-0.39, 0.29) is 24.3 Å². The second-order valence-corrected chi connectivity index (χ2v) is 7.60. The lowest BCUT2D eigenvalue weighted by Crippen LogP contribution is -2.45. The molecule has 0 aromatic carbocycles. The average Bonchev–Trinajstić information content (AvgIpc) is 3.12. The first kappa shape index (κ1) is 18.0. The molecule has 5 heteroatoms. The lowest BCUT2D eigenvalue weighted by atomic mass is 10.1. The van der Waals surface area contributed by atoms with Crippen LogP contribution in [0.3, 0.4) is 0 Å². The Hall–Kier alpha value is -1.78. The van der Waals surface area contributed by atoms with Crippen molar-refractivity contribution in [1.29, 1.82) is 0 Å². The highest BCUT2D eigenvalue weighted by Crippen LogP contribution is 2.30. The molecule has 2 aliphatic rings. The van der Waals surface area contributed by atoms with Crippen molar-refractivity contribution in [2.45, 2.75) is 64.5 Å². The van der Waals surface area contributed by atoms with Gasteiger partial charge >= 0.3 is 0 Å². The number of carbonyl (C=O) groups is 2. The normalized spacial score (nSPS) is 17.7. The van der Waals surface area contributed by atoms with Crippen LogP contribution in [0.1, 0.15) is 57.6 Å². The van der Waals surface area contributed by atoms with Crippen molar-refractivity contribution >= 4 is 11.8 Å². The third-order valence-corrected chi connectivity index (χ3v) is 5.53. The molecule has 2 saturated carbocycles. The summed E-state index contributed by atoms with van der Waals surface area (Å²) < 4.78 is 2.07. The van der Waals surface area contributed by atoms with E-state index in [2.05, 4.69) is 17.6 Å². The minimum absolute atomic E-state index is 0.100. The molecule has 0 aliphatic heterocycles. The minimum Gasteiger partial charge on any atom is -0.353 e. The molecule has 5 nitrogen and oxygen atoms in total. The van der Waals surface area contributed by atoms with E-state index in [1.54, 1.807) is 0 Å². The van der Waals surface area contributed by atoms with Crippen molar-refractivity contribution in [3.05, 3.63) is 24.0 Å². The number of hydrogen-bond acceptors (Lipinski definition) is 2. The van der Waals surface area contributed by atoms with Crippen LogP contribution in [-0.2, 0) is 23.2 Å². The zero-order chi connectivity index (χ0) is 17.8. The van der Waals surface area contributed by atoms with Crippen LogP contribution in [0.5, 0.6) is 0 Å². The molecule has 1 heterocycles. The van der Waals surface area contributed by atoms with E-state index in [0.717, 1.165) is 50.6 Å². The molecule has 0 saturated heterocycles. The van der Waals surface area contributed by atoms with Crippen LogP contribution >= 0.6 is 0 Å². The Morgan fingerprint density at radius 1 is 1.20 bits per heavy atom. The zero-order valence-corrected chi connectivity index (χ0v) is 15.6. The van der Waals surface area contributed by atoms with E-state index in [9.17, 15) is 9.59 Å². The van der Waals surface area contributed by atoms with Crippen LogP contribution < -0.4 is 0 Å². The molecular weight excluding hydrogens is 314 g/mol. The summed E-state index contributed by atoms with van der Waals surface area (Å²) in [6.07, 6.45) is 9.34. The predicted octanol–water partition coefficient (Wildman–Crippen LogP) is 2.94. The highest BCUT2D eigenvalue weighted by molar-refractivity contribution is 5.86. The summed E-state index contributed by atoms with van der Waals surface area (Å²) in [7, 11) is 2.01. The summed E-state index contributed by atoms with van der Waals surface area (Å²) in [6, 6.07) is 4.43. The van der Waals surface area contributed by atoms with E-state index in [0.29, 0.717) is 19.1 Å². The van der Waals surface area contributed by atoms with Gasteiger partial charge in [-0.3, -0.25) is 9.59 Å². The van der Waals surface area contributed by atoms with E-state index >= 15 is 0 Å². The van der Waals surface area contributed by atoms with E-state index in [4.69, 9.17) is 0 Å². The quantitative estimate of drug-likeness (QED) is 0.727. The third kappa shape index (κ3) is 4.44. The van der Waals surface area contributed by atoms with Gasteiger partial charge in [0.2, 0.25) is 11.8 Å². The fraction of sp³-hybridized carbons (Fsp3) is 0.700. The van der Waals surface area contributed by atoms with Gasteiger partial charge in [0.15, 0.2) is 0 Å². The fourth-order valence-corrected chi connectivity index (χ4v) is 3.86. The number of rotatable bonds is 8. The molecule has 3 rings (SSSR count). The first-order valence-electron chi connectivity index (χ1n) is 9.78. The lowest BCUT2D eigenvalue weighted by Gasteiger charge is -2.29. The van der Waals surface area contributed by atoms with Gasteiger partial charge in [0.1, 0.15) is 0 Å². The zero-order valence-electron chi connectivity index (χ0n) is 15.6. The molecule has 0 bridgehead atoms. The first-order chi connectivity index (χ1) is 12.1. The highest BCUT2D eigenvalue weighted by Gasteiger charge is 2.35. The second kappa shape index (κ2) is 8.07. The third-order valence-electron chi connectivity index (χ3n) is 5.53. The topological polar surface area (TPSA) is 45.6 Å². The van der Waals surface area contributed by atoms with Gasteiger partial charge in [-0.05, 0) is 44.2 Å². The molecule has 0 spiro atoms. The molecule has 1 aromatic heterocycles. The Balaban J connectivity index is 1.65. The number of amides is 2. The second-order valence-electron chi connectivity index (χ2n) is 7.60. The Labute approximate surface area is 151 Å². The van der Waals surface area contributed by atoms with E-state index in [1.165, 1.54) is 0 Å². The van der Waals surface area contributed by atoms with Crippen LogP contribution in [0.25, 0.3) is 0 Å². The molecule has 25 heavy (non-hydrogen) atoms. The van der Waals surface area contributed by atoms with Crippen molar-refractivity contribution < 1.29 is 9.59 Å². The fourth-order valence-electron chi connectivity index (χ4n) is 3.86. The summed E-state index contributed by atoms with van der Waals surface area (Å²) in [5.41, 5.74) is 1.14. The summed E-state index contributed by atoms with van der Waals surface area (Å²) in [6.45, 7) is 3.64. The summed E-state index contributed by atoms with van der Waals surface area (Å²) in [5.74, 6) is 0.437. The minimum atomic E-state index is 0.100. The molecule has 0 unspecified atom stereocenters. The summed E-state index contributed by atoms with van der Waals surface area (Å²) in [5, 5.41) is 0. The molecule has 1 aromatic rings. The SMILES string of the molecule is CCCN(CC(=O)N(Cc1cccn1C)C1CC1)C(=O)C1CCCC1. The first-order valence-corrected chi connectivity index (χ1v) is 9.78. The molecular formula is C20H31N3O2. The van der Waals surface area contributed by atoms with Crippen molar-refractivity contribution in [3.63, 3.8) is 0 Å². The maximum atomic E-state index is 13.0. The van der Waals surface area contributed by atoms with Crippen LogP contribution in [0, 0.1) is 5.92 Å². The van der Waals surface area contributed by atoms with Gasteiger partial charge in [-0.1, -0.05) is 19.8 Å². The molecule has 2 fully saturated rings. The Morgan fingerprint density at radius 2 is 1.92 bits per heavy atom. The smallest absolute Gasteiger partial charge is 0.242 e. The van der Waals surface area contributed by atoms with Gasteiger partial charge in [0.25, 0.3) is 0 Å². The Bertz CT molecular complexity index is 600. The van der Waals surface area contributed by atoms with Crippen LogP contribution in [0.4, 0.5) is 0 Å². The van der Waals surface area contributed by atoms with Gasteiger partial charge < -0.3 is 14.4 Å². The number of nitrogens with zero attached hydrogens (tertiary/aromatic N) is 3. The summed E-state index contributed by atoms with van der Waals surface area (Å²) in [4.78, 5) is 29.6. The molecule has 0 atom stereocenters. The molecule has 138 valence electrons. The maximum absolute atomic E-state index is 13.0. The van der Waals surface area contributed by atoms with Crippen molar-refractivity contribution in [3.8, 4) is 0 Å². The van der Waals surface area contributed by atoms with Crippen LogP contribution in [0.15, 0.2) is 18.3 Å². The standard InChI is InChI=1S/C20H31N3O2/c1-3-12-22(20(25)16-7-4-5-8-16)15-19(24)23(17-10-11-17)14-18-9-6-13-21(18)2/h6,9,13,16-17H,3-5,7-8,10-12,14-15H2,1-2H3. The predicted molar refractivity (Wildman–Crippen MR) is 97.8 cm³/mol. The Kier molecular flexibility index (Phi) is 5.82. The summed E-state index contributed by atoms with van der Waals surface area (Å²) >= 11 is 0. The van der Waals surface area contributed by atoms with E-state index < -0.39 is 0 Å². The van der Waals surface area contributed by atoms with E-state index in [1.807, 2.05) is 29.1 Å². The average molecular weight is 345 g/mol. The monoisotopic (exact) mass is 345 g/mol. The number of hydrogen-bond donors (Lipinski definition) is 0. The molecule has 2 aliphatic carbocycles. The number of aryl methyl sites for hydroxylation is 1. The van der Waals surface area contributed by atoms with Crippen molar-refractivity contribution in [1.82, 2.24) is 14.4 Å². The van der Waals surface area contributed by atoms with Gasteiger partial charge in [-0.15, -0.1) is 0 Å². The van der Waals surface area contributed by atoms with Crippen molar-refractivity contribution in [2.24, 2.45) is 13.0 Å².